The van der Waals surface area contributed by atoms with E-state index in [0.29, 0.717) is 0 Å². The van der Waals surface area contributed by atoms with Crippen LogP contribution in [0.1, 0.15) is 12.8 Å². The molecule has 0 aromatic heterocycles. The molecule has 0 spiro atoms. The molecule has 2 rings (SSSR count). The van der Waals surface area contributed by atoms with Crippen molar-refractivity contribution in [2.24, 2.45) is 10.9 Å². The molecule has 1 atom stereocenters. The van der Waals surface area contributed by atoms with Gasteiger partial charge in [-0.3, -0.25) is 9.79 Å². The Kier molecular flexibility index (Phi) is 6.45. The first-order valence-electron chi connectivity index (χ1n) is 7.97. The first kappa shape index (κ1) is 17.0. The van der Waals surface area contributed by atoms with Crippen LogP contribution in [-0.2, 0) is 14.3 Å². The Morgan fingerprint density at radius 3 is 2.68 bits per heavy atom. The zero-order chi connectivity index (χ0) is 15.9. The van der Waals surface area contributed by atoms with Crippen LogP contribution >= 0.6 is 0 Å². The lowest BCUT2D eigenvalue weighted by molar-refractivity contribution is -0.146. The van der Waals surface area contributed by atoms with E-state index >= 15 is 0 Å². The number of hydrogen-bond donors (Lipinski definition) is 1. The molecule has 2 fully saturated rings. The second kappa shape index (κ2) is 8.33. The minimum atomic E-state index is -0.0961. The number of likely N-dealkylation sites (N-methyl/N-ethyl adjacent to an activating group) is 1. The fourth-order valence-corrected chi connectivity index (χ4v) is 3.02. The minimum Gasteiger partial charge on any atom is -0.469 e. The van der Waals surface area contributed by atoms with Crippen LogP contribution in [0.2, 0.25) is 0 Å². The number of nitrogens with zero attached hydrogens (tertiary/aromatic N) is 3. The van der Waals surface area contributed by atoms with Crippen molar-refractivity contribution < 1.29 is 14.3 Å². The molecule has 0 saturated carbocycles. The number of carbonyl (C=O) groups excluding carboxylic acids is 1. The highest BCUT2D eigenvalue weighted by molar-refractivity contribution is 5.80. The molecule has 0 aromatic rings. The van der Waals surface area contributed by atoms with Gasteiger partial charge in [0.1, 0.15) is 0 Å². The highest BCUT2D eigenvalue weighted by Gasteiger charge is 2.27. The van der Waals surface area contributed by atoms with Crippen molar-refractivity contribution >= 4 is 11.9 Å². The molecule has 1 N–H and O–H groups in total. The van der Waals surface area contributed by atoms with Crippen LogP contribution in [0.3, 0.4) is 0 Å². The van der Waals surface area contributed by atoms with E-state index in [1.165, 1.54) is 7.11 Å². The standard InChI is InChI=1S/C15H28N4O3/c1-16-15(17-10-13-11-18(2)8-9-22-13)19-6-4-12(5-7-19)14(20)21-3/h12-13H,4-11H2,1-3H3,(H,16,17). The normalized spacial score (nSPS) is 25.1. The lowest BCUT2D eigenvalue weighted by Gasteiger charge is -2.35. The van der Waals surface area contributed by atoms with Gasteiger partial charge in [-0.15, -0.1) is 0 Å². The molecule has 2 aliphatic heterocycles. The highest BCUT2D eigenvalue weighted by atomic mass is 16.5. The average Bonchev–Trinajstić information content (AvgIpc) is 2.55. The third-order valence-corrected chi connectivity index (χ3v) is 4.37. The average molecular weight is 312 g/mol. The van der Waals surface area contributed by atoms with Crippen molar-refractivity contribution in [1.29, 1.82) is 0 Å². The van der Waals surface area contributed by atoms with Gasteiger partial charge in [-0.1, -0.05) is 0 Å². The number of hydrogen-bond acceptors (Lipinski definition) is 5. The van der Waals surface area contributed by atoms with Crippen molar-refractivity contribution in [2.45, 2.75) is 18.9 Å². The van der Waals surface area contributed by atoms with E-state index in [-0.39, 0.29) is 18.0 Å². The van der Waals surface area contributed by atoms with Crippen LogP contribution in [0.25, 0.3) is 0 Å². The van der Waals surface area contributed by atoms with E-state index in [2.05, 4.69) is 27.2 Å². The zero-order valence-corrected chi connectivity index (χ0v) is 13.9. The molecule has 0 amide bonds. The predicted octanol–water partition coefficient (Wildman–Crippen LogP) is -0.223. The summed E-state index contributed by atoms with van der Waals surface area (Å²) in [6.45, 7) is 5.12. The van der Waals surface area contributed by atoms with Crippen molar-refractivity contribution in [1.82, 2.24) is 15.1 Å². The van der Waals surface area contributed by atoms with Crippen LogP contribution in [-0.4, -0.2) is 88.4 Å². The molecule has 22 heavy (non-hydrogen) atoms. The van der Waals surface area contributed by atoms with E-state index in [0.717, 1.165) is 58.1 Å². The third kappa shape index (κ3) is 4.58. The maximum absolute atomic E-state index is 11.6. The summed E-state index contributed by atoms with van der Waals surface area (Å²) in [7, 11) is 5.36. The number of morpholine rings is 1. The van der Waals surface area contributed by atoms with E-state index < -0.39 is 0 Å². The first-order chi connectivity index (χ1) is 10.6. The number of ether oxygens (including phenoxy) is 2. The second-order valence-electron chi connectivity index (χ2n) is 5.97. The summed E-state index contributed by atoms with van der Waals surface area (Å²) < 4.78 is 10.6. The topological polar surface area (TPSA) is 66.4 Å². The van der Waals surface area contributed by atoms with Gasteiger partial charge >= 0.3 is 5.97 Å². The molecular weight excluding hydrogens is 284 g/mol. The number of carbonyl (C=O) groups is 1. The molecule has 0 bridgehead atoms. The van der Waals surface area contributed by atoms with Gasteiger partial charge in [-0.05, 0) is 19.9 Å². The van der Waals surface area contributed by atoms with Crippen LogP contribution in [0.5, 0.6) is 0 Å². The Labute approximate surface area is 132 Å². The lowest BCUT2D eigenvalue weighted by Crippen LogP contribution is -2.51. The summed E-state index contributed by atoms with van der Waals surface area (Å²) >= 11 is 0. The Morgan fingerprint density at radius 1 is 1.36 bits per heavy atom. The van der Waals surface area contributed by atoms with Gasteiger partial charge < -0.3 is 24.6 Å². The van der Waals surface area contributed by atoms with E-state index in [1.54, 1.807) is 7.05 Å². The molecule has 2 heterocycles. The fourth-order valence-electron chi connectivity index (χ4n) is 3.02. The zero-order valence-electron chi connectivity index (χ0n) is 13.9. The number of esters is 1. The Hall–Kier alpha value is -1.34. The Bertz CT molecular complexity index is 394. The van der Waals surface area contributed by atoms with Crippen molar-refractivity contribution in [3.8, 4) is 0 Å². The summed E-state index contributed by atoms with van der Waals surface area (Å²) in [5.74, 6) is 0.816. The molecular formula is C15H28N4O3. The van der Waals surface area contributed by atoms with E-state index in [9.17, 15) is 4.79 Å². The second-order valence-corrected chi connectivity index (χ2v) is 5.97. The van der Waals surface area contributed by atoms with E-state index in [1.807, 2.05) is 0 Å². The summed E-state index contributed by atoms with van der Waals surface area (Å²) in [5.41, 5.74) is 0. The van der Waals surface area contributed by atoms with Gasteiger partial charge in [0, 0.05) is 39.8 Å². The number of piperidine rings is 1. The lowest BCUT2D eigenvalue weighted by atomic mass is 9.97. The number of rotatable bonds is 3. The van der Waals surface area contributed by atoms with E-state index in [4.69, 9.17) is 9.47 Å². The van der Waals surface area contributed by atoms with Gasteiger partial charge in [0.25, 0.3) is 0 Å². The molecule has 0 radical (unpaired) electrons. The maximum atomic E-state index is 11.6. The molecule has 126 valence electrons. The van der Waals surface area contributed by atoms with Gasteiger partial charge in [0.05, 0.1) is 25.7 Å². The van der Waals surface area contributed by atoms with Crippen molar-refractivity contribution in [2.75, 3.05) is 60.5 Å². The number of methoxy groups -OCH3 is 1. The maximum Gasteiger partial charge on any atom is 0.308 e. The van der Waals surface area contributed by atoms with Crippen LogP contribution in [0.4, 0.5) is 0 Å². The van der Waals surface area contributed by atoms with Crippen LogP contribution in [0, 0.1) is 5.92 Å². The highest BCUT2D eigenvalue weighted by Crippen LogP contribution is 2.18. The van der Waals surface area contributed by atoms with Gasteiger partial charge in [-0.25, -0.2) is 0 Å². The van der Waals surface area contributed by atoms with Gasteiger partial charge in [0.15, 0.2) is 5.96 Å². The Morgan fingerprint density at radius 2 is 2.09 bits per heavy atom. The number of likely N-dealkylation sites (tertiary alicyclic amines) is 1. The van der Waals surface area contributed by atoms with Crippen LogP contribution < -0.4 is 5.32 Å². The summed E-state index contributed by atoms with van der Waals surface area (Å²) in [6, 6.07) is 0. The Balaban J connectivity index is 1.77. The van der Waals surface area contributed by atoms with Crippen molar-refractivity contribution in [3.05, 3.63) is 0 Å². The van der Waals surface area contributed by atoms with Crippen LogP contribution in [0.15, 0.2) is 4.99 Å². The fraction of sp³-hybridized carbons (Fsp3) is 0.867. The number of guanidine groups is 1. The number of aliphatic imine (C=N–C) groups is 1. The smallest absolute Gasteiger partial charge is 0.308 e. The molecule has 7 nitrogen and oxygen atoms in total. The SMILES string of the molecule is CN=C(NCC1CN(C)CCO1)N1CCC(C(=O)OC)CC1. The molecule has 7 heteroatoms. The number of nitrogens with one attached hydrogen (secondary N) is 1. The molecule has 2 aliphatic rings. The van der Waals surface area contributed by atoms with Gasteiger partial charge in [0.2, 0.25) is 0 Å². The largest absolute Gasteiger partial charge is 0.469 e. The van der Waals surface area contributed by atoms with Gasteiger partial charge in [-0.2, -0.15) is 0 Å². The molecule has 0 aromatic carbocycles. The summed E-state index contributed by atoms with van der Waals surface area (Å²) in [6.07, 6.45) is 1.83. The molecule has 1 unspecified atom stereocenters. The summed E-state index contributed by atoms with van der Waals surface area (Å²) in [5, 5.41) is 3.40. The quantitative estimate of drug-likeness (QED) is 0.441. The first-order valence-corrected chi connectivity index (χ1v) is 7.97. The monoisotopic (exact) mass is 312 g/mol. The molecule has 2 saturated heterocycles. The molecule has 0 aliphatic carbocycles. The minimum absolute atomic E-state index is 0.0229. The van der Waals surface area contributed by atoms with Crippen molar-refractivity contribution in [3.63, 3.8) is 0 Å². The predicted molar refractivity (Wildman–Crippen MR) is 84.9 cm³/mol. The third-order valence-electron chi connectivity index (χ3n) is 4.37. The summed E-state index contributed by atoms with van der Waals surface area (Å²) in [4.78, 5) is 20.4.